The Labute approximate surface area is 162 Å². The maximum absolute atomic E-state index is 12.6. The number of hydrogen-bond donors (Lipinski definition) is 2. The number of nitrogens with one attached hydrogen (secondary N) is 1. The van der Waals surface area contributed by atoms with Gasteiger partial charge in [-0.1, -0.05) is 0 Å². The second-order valence-corrected chi connectivity index (χ2v) is 9.64. The molecule has 0 aromatic heterocycles. The predicted molar refractivity (Wildman–Crippen MR) is 102 cm³/mol. The molecule has 2 N–H and O–H groups in total. The van der Waals surface area contributed by atoms with Crippen LogP contribution in [0.5, 0.6) is 0 Å². The zero-order valence-electron chi connectivity index (χ0n) is 17.3. The first-order valence-electron chi connectivity index (χ1n) is 9.90. The highest BCUT2D eigenvalue weighted by Gasteiger charge is 2.40. The van der Waals surface area contributed by atoms with Gasteiger partial charge in [0.2, 0.25) is 0 Å². The lowest BCUT2D eigenvalue weighted by molar-refractivity contribution is -0.0532. The summed E-state index contributed by atoms with van der Waals surface area (Å²) in [6, 6.07) is 0. The van der Waals surface area contributed by atoms with Crippen LogP contribution in [0, 0.1) is 0 Å². The van der Waals surface area contributed by atoms with E-state index in [-0.39, 0.29) is 49.3 Å². The average Bonchev–Trinajstić information content (AvgIpc) is 3.04. The summed E-state index contributed by atoms with van der Waals surface area (Å²) < 4.78 is 41.1. The smallest absolute Gasteiger partial charge is 0.376 e. The average molecular weight is 409 g/mol. The minimum atomic E-state index is -4.01. The highest BCUT2D eigenvalue weighted by molar-refractivity contribution is 7.50. The van der Waals surface area contributed by atoms with Crippen LogP contribution in [-0.4, -0.2) is 66.9 Å². The second-order valence-electron chi connectivity index (χ2n) is 8.07. The maximum Gasteiger partial charge on any atom is 0.403 e. The van der Waals surface area contributed by atoms with Crippen molar-refractivity contribution in [2.45, 2.75) is 103 Å². The Morgan fingerprint density at radius 2 is 1.63 bits per heavy atom. The van der Waals surface area contributed by atoms with E-state index < -0.39 is 13.9 Å². The van der Waals surface area contributed by atoms with Crippen LogP contribution < -0.4 is 5.09 Å². The van der Waals surface area contributed by atoms with Gasteiger partial charge < -0.3 is 23.8 Å². The van der Waals surface area contributed by atoms with E-state index in [1.807, 2.05) is 41.5 Å². The van der Waals surface area contributed by atoms with Crippen molar-refractivity contribution >= 4 is 7.75 Å². The van der Waals surface area contributed by atoms with Gasteiger partial charge in [-0.05, 0) is 41.5 Å². The molecule has 0 saturated carbocycles. The summed E-state index contributed by atoms with van der Waals surface area (Å²) in [6.07, 6.45) is 0.223. The molecule has 0 aromatic rings. The molecule has 27 heavy (non-hydrogen) atoms. The zero-order valence-corrected chi connectivity index (χ0v) is 18.2. The van der Waals surface area contributed by atoms with Crippen molar-refractivity contribution in [2.24, 2.45) is 0 Å². The topological polar surface area (TPSA) is 95.5 Å². The van der Waals surface area contributed by atoms with Gasteiger partial charge in [0, 0.05) is 19.4 Å². The first-order chi connectivity index (χ1) is 12.6. The second kappa shape index (κ2) is 10.1. The Balaban J connectivity index is 1.87. The van der Waals surface area contributed by atoms with Crippen LogP contribution >= 0.6 is 7.75 Å². The highest BCUT2D eigenvalue weighted by atomic mass is 31.2. The van der Waals surface area contributed by atoms with E-state index in [1.165, 1.54) is 0 Å². The molecule has 2 saturated heterocycles. The largest absolute Gasteiger partial charge is 0.403 e. The molecule has 8 nitrogen and oxygen atoms in total. The molecule has 2 heterocycles. The Bertz CT molecular complexity index is 504. The molecular formula is C18H36NO7P. The lowest BCUT2D eigenvalue weighted by Gasteiger charge is -2.25. The highest BCUT2D eigenvalue weighted by Crippen LogP contribution is 2.42. The van der Waals surface area contributed by atoms with Crippen LogP contribution in [0.2, 0.25) is 0 Å². The van der Waals surface area contributed by atoms with Crippen LogP contribution in [-0.2, 0) is 28.0 Å². The van der Waals surface area contributed by atoms with Gasteiger partial charge in [0.25, 0.3) is 0 Å². The first-order valence-corrected chi connectivity index (χ1v) is 11.5. The molecule has 3 unspecified atom stereocenters. The van der Waals surface area contributed by atoms with E-state index >= 15 is 0 Å². The van der Waals surface area contributed by atoms with Gasteiger partial charge >= 0.3 is 7.75 Å². The third-order valence-corrected chi connectivity index (χ3v) is 5.72. The SMILES string of the molecule is CC(C)OCC1O[C@@H](C)C[C@H]1OP(=O)(O)NC[C@H]1O[C@@H](C)CC1OC(C)C. The molecule has 0 aromatic carbocycles. The maximum atomic E-state index is 12.6. The Morgan fingerprint density at radius 1 is 1.04 bits per heavy atom. The third-order valence-electron chi connectivity index (χ3n) is 4.58. The minimum absolute atomic E-state index is 0.0430. The van der Waals surface area contributed by atoms with Gasteiger partial charge in [-0.15, -0.1) is 0 Å². The Hall–Kier alpha value is -0.0500. The molecule has 160 valence electrons. The standard InChI is InChI=1S/C18H36NO7P/c1-11(2)22-10-18-16(8-14(6)25-18)26-27(20,21)19-9-17-15(23-12(3)4)7-13(5)24-17/h11-18H,7-10H2,1-6H3,(H2,19,20,21)/t13-,14-,15?,16+,17+,18?/m0/s1. The van der Waals surface area contributed by atoms with Crippen molar-refractivity contribution in [3.05, 3.63) is 0 Å². The van der Waals surface area contributed by atoms with Gasteiger partial charge in [-0.3, -0.25) is 4.52 Å². The molecule has 0 aliphatic carbocycles. The normalized spacial score (nSPS) is 36.6. The molecule has 9 heteroatoms. The molecule has 2 aliphatic heterocycles. The summed E-state index contributed by atoms with van der Waals surface area (Å²) in [5.74, 6) is 0. The van der Waals surface area contributed by atoms with E-state index in [4.69, 9.17) is 23.5 Å². The van der Waals surface area contributed by atoms with Crippen LogP contribution in [0.1, 0.15) is 54.4 Å². The molecule has 7 atom stereocenters. The van der Waals surface area contributed by atoms with E-state index in [1.54, 1.807) is 0 Å². The molecule has 2 fully saturated rings. The van der Waals surface area contributed by atoms with Crippen molar-refractivity contribution in [3.63, 3.8) is 0 Å². The first kappa shape index (κ1) is 23.2. The molecule has 2 rings (SSSR count). The van der Waals surface area contributed by atoms with Gasteiger partial charge in [0.15, 0.2) is 0 Å². The van der Waals surface area contributed by atoms with Gasteiger partial charge in [-0.2, -0.15) is 0 Å². The van der Waals surface area contributed by atoms with Crippen molar-refractivity contribution in [2.75, 3.05) is 13.2 Å². The summed E-state index contributed by atoms with van der Waals surface area (Å²) in [6.45, 7) is 12.2. The number of ether oxygens (including phenoxy) is 4. The molecule has 0 amide bonds. The summed E-state index contributed by atoms with van der Waals surface area (Å²) in [5.41, 5.74) is 0. The van der Waals surface area contributed by atoms with E-state index in [0.29, 0.717) is 13.0 Å². The monoisotopic (exact) mass is 409 g/mol. The minimum Gasteiger partial charge on any atom is -0.376 e. The van der Waals surface area contributed by atoms with E-state index in [2.05, 4.69) is 5.09 Å². The van der Waals surface area contributed by atoms with Crippen molar-refractivity contribution in [1.82, 2.24) is 5.09 Å². The summed E-state index contributed by atoms with van der Waals surface area (Å²) in [7, 11) is -4.01. The predicted octanol–water partition coefficient (Wildman–Crippen LogP) is 2.64. The summed E-state index contributed by atoms with van der Waals surface area (Å²) in [4.78, 5) is 10.3. The fourth-order valence-electron chi connectivity index (χ4n) is 3.48. The van der Waals surface area contributed by atoms with Crippen molar-refractivity contribution in [3.8, 4) is 0 Å². The van der Waals surface area contributed by atoms with Crippen molar-refractivity contribution < 1.29 is 32.9 Å². The number of rotatable bonds is 10. The van der Waals surface area contributed by atoms with Gasteiger partial charge in [0.1, 0.15) is 6.10 Å². The van der Waals surface area contributed by atoms with Crippen LogP contribution in [0.3, 0.4) is 0 Å². The number of hydrogen-bond acceptors (Lipinski definition) is 6. The van der Waals surface area contributed by atoms with E-state index in [9.17, 15) is 9.46 Å². The summed E-state index contributed by atoms with van der Waals surface area (Å²) >= 11 is 0. The zero-order chi connectivity index (χ0) is 20.2. The van der Waals surface area contributed by atoms with E-state index in [0.717, 1.165) is 6.42 Å². The Morgan fingerprint density at radius 3 is 2.22 bits per heavy atom. The fraction of sp³-hybridized carbons (Fsp3) is 1.00. The van der Waals surface area contributed by atoms with Crippen molar-refractivity contribution in [1.29, 1.82) is 0 Å². The molecule has 0 bridgehead atoms. The molecule has 2 aliphatic rings. The van der Waals surface area contributed by atoms with Gasteiger partial charge in [0.05, 0.1) is 49.3 Å². The molecule has 0 radical (unpaired) electrons. The molecular weight excluding hydrogens is 373 g/mol. The van der Waals surface area contributed by atoms with Crippen LogP contribution in [0.25, 0.3) is 0 Å². The quantitative estimate of drug-likeness (QED) is 0.532. The Kier molecular flexibility index (Phi) is 8.71. The molecule has 0 spiro atoms. The van der Waals surface area contributed by atoms with Gasteiger partial charge in [-0.25, -0.2) is 9.65 Å². The lowest BCUT2D eigenvalue weighted by Crippen LogP contribution is -2.37. The van der Waals surface area contributed by atoms with Crippen LogP contribution in [0.4, 0.5) is 0 Å². The fourth-order valence-corrected chi connectivity index (χ4v) is 4.56. The summed E-state index contributed by atoms with van der Waals surface area (Å²) in [5, 5.41) is 2.64. The van der Waals surface area contributed by atoms with Crippen LogP contribution in [0.15, 0.2) is 0 Å². The lowest BCUT2D eigenvalue weighted by atomic mass is 10.1. The third kappa shape index (κ3) is 7.71.